The van der Waals surface area contributed by atoms with Crippen LogP contribution in [0.1, 0.15) is 37.0 Å². The second-order valence-corrected chi connectivity index (χ2v) is 6.18. The molecule has 0 amide bonds. The van der Waals surface area contributed by atoms with Gasteiger partial charge in [0.05, 0.1) is 5.56 Å². The average molecular weight is 345 g/mol. The number of likely N-dealkylation sites (N-methyl/N-ethyl adjacent to an activating group) is 1. The van der Waals surface area contributed by atoms with Crippen molar-refractivity contribution in [3.05, 3.63) is 66.0 Å². The van der Waals surface area contributed by atoms with Crippen LogP contribution in [-0.2, 0) is 0 Å². The Morgan fingerprint density at radius 1 is 1.28 bits per heavy atom. The summed E-state index contributed by atoms with van der Waals surface area (Å²) < 4.78 is 19.6. The zero-order chi connectivity index (χ0) is 18.7. The predicted octanol–water partition coefficient (Wildman–Crippen LogP) is 4.81. The molecule has 3 nitrogen and oxygen atoms in total. The summed E-state index contributed by atoms with van der Waals surface area (Å²) in [5.74, 6) is -0.302. The molecule has 1 aromatic carbocycles. The van der Waals surface area contributed by atoms with Crippen molar-refractivity contribution in [2.45, 2.75) is 26.7 Å². The third-order valence-electron chi connectivity index (χ3n) is 3.54. The van der Waals surface area contributed by atoms with E-state index < -0.39 is 5.82 Å². The maximum absolute atomic E-state index is 14.1. The fourth-order valence-electron chi connectivity index (χ4n) is 2.20. The molecule has 136 valence electrons. The largest absolute Gasteiger partial charge is 0.489 e. The highest BCUT2D eigenvalue weighted by atomic mass is 19.1. The minimum Gasteiger partial charge on any atom is -0.489 e. The van der Waals surface area contributed by atoms with Crippen molar-refractivity contribution < 1.29 is 13.9 Å². The first-order chi connectivity index (χ1) is 11.9. The van der Waals surface area contributed by atoms with Crippen LogP contribution in [0.5, 0.6) is 5.75 Å². The van der Waals surface area contributed by atoms with Crippen molar-refractivity contribution in [1.82, 2.24) is 4.90 Å². The standard InChI is InChI=1S/C21H28FNO2/c1-5-13-23(4)14-6-7-15-25-18-11-12-19(20(22)16-18)21(24)10-8-9-17(2)3/h5-7,9,11-12,16H,1,8,10,13-15H2,2-4H3/b7-6+. The fourth-order valence-corrected chi connectivity index (χ4v) is 2.20. The number of halogens is 1. The maximum atomic E-state index is 14.1. The molecule has 0 radical (unpaired) electrons. The quantitative estimate of drug-likeness (QED) is 0.426. The molecule has 0 aliphatic rings. The Bertz CT molecular complexity index is 631. The van der Waals surface area contributed by atoms with Gasteiger partial charge in [0.15, 0.2) is 5.78 Å². The molecule has 0 atom stereocenters. The molecule has 0 spiro atoms. The molecule has 0 bridgehead atoms. The van der Waals surface area contributed by atoms with Crippen LogP contribution in [0, 0.1) is 5.82 Å². The molecule has 0 aliphatic carbocycles. The summed E-state index contributed by atoms with van der Waals surface area (Å²) in [6, 6.07) is 4.40. The lowest BCUT2D eigenvalue weighted by atomic mass is 10.1. The molecule has 4 heteroatoms. The third kappa shape index (κ3) is 8.45. The molecule has 0 unspecified atom stereocenters. The lowest BCUT2D eigenvalue weighted by molar-refractivity contribution is 0.0979. The summed E-state index contributed by atoms with van der Waals surface area (Å²) in [6.07, 6.45) is 8.63. The lowest BCUT2D eigenvalue weighted by Crippen LogP contribution is -2.17. The zero-order valence-electron chi connectivity index (χ0n) is 15.4. The number of Topliss-reactive ketones (excluding diaryl/α,β-unsaturated/α-hetero) is 1. The topological polar surface area (TPSA) is 29.5 Å². The van der Waals surface area contributed by atoms with E-state index in [2.05, 4.69) is 11.5 Å². The van der Waals surface area contributed by atoms with Crippen molar-refractivity contribution >= 4 is 5.78 Å². The van der Waals surface area contributed by atoms with Crippen molar-refractivity contribution in [3.63, 3.8) is 0 Å². The summed E-state index contributed by atoms with van der Waals surface area (Å²) in [5, 5.41) is 0. The molecule has 0 fully saturated rings. The monoisotopic (exact) mass is 345 g/mol. The van der Waals surface area contributed by atoms with Gasteiger partial charge in [0.2, 0.25) is 0 Å². The van der Waals surface area contributed by atoms with Crippen molar-refractivity contribution in [3.8, 4) is 5.75 Å². The highest BCUT2D eigenvalue weighted by molar-refractivity contribution is 5.96. The van der Waals surface area contributed by atoms with Crippen LogP contribution in [0.2, 0.25) is 0 Å². The van der Waals surface area contributed by atoms with E-state index in [1.807, 2.05) is 45.2 Å². The van der Waals surface area contributed by atoms with Gasteiger partial charge in [0.25, 0.3) is 0 Å². The Morgan fingerprint density at radius 2 is 2.04 bits per heavy atom. The van der Waals surface area contributed by atoms with Crippen LogP contribution < -0.4 is 4.74 Å². The number of hydrogen-bond acceptors (Lipinski definition) is 3. The number of nitrogens with zero attached hydrogens (tertiary/aromatic N) is 1. The van der Waals surface area contributed by atoms with E-state index in [0.29, 0.717) is 25.2 Å². The maximum Gasteiger partial charge on any atom is 0.166 e. The number of benzene rings is 1. The van der Waals surface area contributed by atoms with Gasteiger partial charge in [-0.1, -0.05) is 29.9 Å². The Morgan fingerprint density at radius 3 is 2.68 bits per heavy atom. The van der Waals surface area contributed by atoms with E-state index >= 15 is 0 Å². The molecule has 0 saturated heterocycles. The van der Waals surface area contributed by atoms with E-state index in [1.54, 1.807) is 6.07 Å². The summed E-state index contributed by atoms with van der Waals surface area (Å²) >= 11 is 0. The molecule has 1 rings (SSSR count). The van der Waals surface area contributed by atoms with Gasteiger partial charge in [-0.05, 0) is 39.4 Å². The summed E-state index contributed by atoms with van der Waals surface area (Å²) in [5.41, 5.74) is 1.27. The number of hydrogen-bond donors (Lipinski definition) is 0. The van der Waals surface area contributed by atoms with Crippen molar-refractivity contribution in [1.29, 1.82) is 0 Å². The Balaban J connectivity index is 2.49. The second-order valence-electron chi connectivity index (χ2n) is 6.18. The smallest absolute Gasteiger partial charge is 0.166 e. The summed E-state index contributed by atoms with van der Waals surface area (Å²) in [7, 11) is 2.00. The van der Waals surface area contributed by atoms with Gasteiger partial charge in [0, 0.05) is 25.6 Å². The normalized spacial score (nSPS) is 10.9. The molecule has 0 aromatic heterocycles. The van der Waals surface area contributed by atoms with Crippen LogP contribution in [0.4, 0.5) is 4.39 Å². The molecule has 1 aromatic rings. The molecule has 0 saturated carbocycles. The van der Waals surface area contributed by atoms with Gasteiger partial charge < -0.3 is 4.74 Å². The minimum absolute atomic E-state index is 0.121. The van der Waals surface area contributed by atoms with Gasteiger partial charge in [-0.15, -0.1) is 6.58 Å². The summed E-state index contributed by atoms with van der Waals surface area (Å²) in [4.78, 5) is 14.1. The first kappa shape index (κ1) is 20.8. The van der Waals surface area contributed by atoms with E-state index in [9.17, 15) is 9.18 Å². The first-order valence-corrected chi connectivity index (χ1v) is 8.47. The SMILES string of the molecule is C=CCN(C)C/C=C/COc1ccc(C(=O)CCC=C(C)C)c(F)c1. The van der Waals surface area contributed by atoms with E-state index in [0.717, 1.165) is 18.7 Å². The minimum atomic E-state index is -0.533. The molecular weight excluding hydrogens is 317 g/mol. The Labute approximate surface area is 150 Å². The van der Waals surface area contributed by atoms with Crippen LogP contribution in [0.15, 0.2) is 54.7 Å². The number of carbonyl (C=O) groups excluding carboxylic acids is 1. The van der Waals surface area contributed by atoms with Crippen LogP contribution >= 0.6 is 0 Å². The first-order valence-electron chi connectivity index (χ1n) is 8.47. The van der Waals surface area contributed by atoms with Gasteiger partial charge >= 0.3 is 0 Å². The predicted molar refractivity (Wildman–Crippen MR) is 102 cm³/mol. The summed E-state index contributed by atoms with van der Waals surface area (Å²) in [6.45, 7) is 9.60. The number of carbonyl (C=O) groups is 1. The highest BCUT2D eigenvalue weighted by Crippen LogP contribution is 2.18. The van der Waals surface area contributed by atoms with Gasteiger partial charge in [-0.2, -0.15) is 0 Å². The Hall–Kier alpha value is -2.20. The number of ether oxygens (including phenoxy) is 1. The van der Waals surface area contributed by atoms with Gasteiger partial charge in [-0.25, -0.2) is 4.39 Å². The fraction of sp³-hybridized carbons (Fsp3) is 0.381. The van der Waals surface area contributed by atoms with Crippen molar-refractivity contribution in [2.75, 3.05) is 26.7 Å². The average Bonchev–Trinajstić information content (AvgIpc) is 2.54. The molecule has 25 heavy (non-hydrogen) atoms. The molecular formula is C21H28FNO2. The third-order valence-corrected chi connectivity index (χ3v) is 3.54. The number of allylic oxidation sites excluding steroid dienone is 2. The number of rotatable bonds is 11. The van der Waals surface area contributed by atoms with Crippen LogP contribution in [-0.4, -0.2) is 37.4 Å². The van der Waals surface area contributed by atoms with Gasteiger partial charge in [-0.3, -0.25) is 9.69 Å². The molecule has 0 N–H and O–H groups in total. The second kappa shape index (κ2) is 11.4. The lowest BCUT2D eigenvalue weighted by Gasteiger charge is -2.10. The van der Waals surface area contributed by atoms with Crippen molar-refractivity contribution in [2.24, 2.45) is 0 Å². The van der Waals surface area contributed by atoms with E-state index in [-0.39, 0.29) is 11.3 Å². The Kier molecular flexibility index (Phi) is 9.48. The highest BCUT2D eigenvalue weighted by Gasteiger charge is 2.12. The zero-order valence-corrected chi connectivity index (χ0v) is 15.4. The van der Waals surface area contributed by atoms with Crippen LogP contribution in [0.3, 0.4) is 0 Å². The number of ketones is 1. The van der Waals surface area contributed by atoms with E-state index in [4.69, 9.17) is 4.74 Å². The van der Waals surface area contributed by atoms with E-state index in [1.165, 1.54) is 12.1 Å². The van der Waals surface area contributed by atoms with Gasteiger partial charge in [0.1, 0.15) is 18.2 Å². The van der Waals surface area contributed by atoms with Crippen LogP contribution in [0.25, 0.3) is 0 Å². The molecule has 0 heterocycles. The molecule has 0 aliphatic heterocycles.